The summed E-state index contributed by atoms with van der Waals surface area (Å²) in [4.78, 5) is 15.6. The van der Waals surface area contributed by atoms with E-state index in [9.17, 15) is 10.2 Å². The van der Waals surface area contributed by atoms with Crippen LogP contribution >= 0.6 is 0 Å². The van der Waals surface area contributed by atoms with E-state index in [1.165, 1.54) is 0 Å². The van der Waals surface area contributed by atoms with Gasteiger partial charge >= 0.3 is 0 Å². The van der Waals surface area contributed by atoms with Gasteiger partial charge in [0.2, 0.25) is 0 Å². The summed E-state index contributed by atoms with van der Waals surface area (Å²) in [6.45, 7) is 5.91. The molecular formula is C18H27N5O2. The number of aromatic nitrogens is 4. The lowest BCUT2D eigenvalue weighted by Gasteiger charge is -2.24. The summed E-state index contributed by atoms with van der Waals surface area (Å²) < 4.78 is 1.94. The maximum Gasteiger partial charge on any atom is 0.165 e. The number of nitrogens with zero attached hydrogens (tertiary/aromatic N) is 5. The van der Waals surface area contributed by atoms with Crippen molar-refractivity contribution in [2.24, 2.45) is 5.92 Å². The number of hydrogen-bond donors (Lipinski definition) is 2. The van der Waals surface area contributed by atoms with E-state index in [4.69, 9.17) is 0 Å². The van der Waals surface area contributed by atoms with Crippen molar-refractivity contribution in [3.8, 4) is 0 Å². The van der Waals surface area contributed by atoms with Gasteiger partial charge in [-0.15, -0.1) is 0 Å². The highest BCUT2D eigenvalue weighted by atomic mass is 16.3. The Morgan fingerprint density at radius 2 is 2.04 bits per heavy atom. The minimum Gasteiger partial charge on any atom is -0.390 e. The summed E-state index contributed by atoms with van der Waals surface area (Å²) >= 11 is 0. The van der Waals surface area contributed by atoms with Gasteiger partial charge in [-0.1, -0.05) is 0 Å². The highest BCUT2D eigenvalue weighted by molar-refractivity contribution is 5.83. The van der Waals surface area contributed by atoms with Crippen LogP contribution in [0.5, 0.6) is 0 Å². The van der Waals surface area contributed by atoms with Crippen LogP contribution in [-0.4, -0.2) is 54.0 Å². The van der Waals surface area contributed by atoms with Gasteiger partial charge in [0, 0.05) is 13.1 Å². The molecule has 136 valence electrons. The molecule has 2 N–H and O–H groups in total. The third-order valence-electron chi connectivity index (χ3n) is 5.69. The van der Waals surface area contributed by atoms with Crippen LogP contribution in [-0.2, 0) is 6.54 Å². The Kier molecular flexibility index (Phi) is 3.96. The molecule has 25 heavy (non-hydrogen) atoms. The smallest absolute Gasteiger partial charge is 0.165 e. The van der Waals surface area contributed by atoms with Crippen LogP contribution in [0.3, 0.4) is 0 Å². The molecule has 7 heteroatoms. The van der Waals surface area contributed by atoms with E-state index in [-0.39, 0.29) is 0 Å². The van der Waals surface area contributed by atoms with Gasteiger partial charge in [-0.3, -0.25) is 0 Å². The average Bonchev–Trinajstić information content (AvgIpc) is 3.35. The molecule has 0 aromatic carbocycles. The van der Waals surface area contributed by atoms with Crippen molar-refractivity contribution >= 4 is 17.0 Å². The third-order valence-corrected chi connectivity index (χ3v) is 5.69. The molecule has 1 aliphatic carbocycles. The molecule has 2 aromatic rings. The molecule has 0 amide bonds. The van der Waals surface area contributed by atoms with E-state index in [1.54, 1.807) is 12.7 Å². The molecule has 0 bridgehead atoms. The summed E-state index contributed by atoms with van der Waals surface area (Å²) in [6, 6.07) is 0. The Morgan fingerprint density at radius 1 is 1.24 bits per heavy atom. The summed E-state index contributed by atoms with van der Waals surface area (Å²) in [5.41, 5.74) is 0.209. The zero-order chi connectivity index (χ0) is 17.7. The summed E-state index contributed by atoms with van der Waals surface area (Å²) in [7, 11) is 0. The van der Waals surface area contributed by atoms with Gasteiger partial charge < -0.3 is 19.7 Å². The Labute approximate surface area is 147 Å². The van der Waals surface area contributed by atoms with E-state index in [0.717, 1.165) is 62.2 Å². The number of fused-ring (bicyclic) bond motifs is 1. The predicted molar refractivity (Wildman–Crippen MR) is 95.4 cm³/mol. The topological polar surface area (TPSA) is 87.3 Å². The van der Waals surface area contributed by atoms with Gasteiger partial charge in [0.1, 0.15) is 6.33 Å². The number of anilines is 1. The normalized spacial score (nSPS) is 27.3. The van der Waals surface area contributed by atoms with Crippen LogP contribution in [0, 0.1) is 5.92 Å². The molecule has 3 heterocycles. The van der Waals surface area contributed by atoms with Crippen molar-refractivity contribution in [1.82, 2.24) is 19.5 Å². The maximum atomic E-state index is 10.7. The largest absolute Gasteiger partial charge is 0.390 e. The van der Waals surface area contributed by atoms with Crippen LogP contribution in [0.25, 0.3) is 11.2 Å². The molecule has 0 spiro atoms. The molecule has 1 aliphatic heterocycles. The molecule has 7 nitrogen and oxygen atoms in total. The highest BCUT2D eigenvalue weighted by Crippen LogP contribution is 2.40. The SMILES string of the molecule is CC1(O)CCCN(c2ncnc3c2ncn3CC(C)(O)C2CC2)CC1. The molecule has 4 rings (SSSR count). The van der Waals surface area contributed by atoms with Gasteiger partial charge in [0.25, 0.3) is 0 Å². The second-order valence-corrected chi connectivity index (χ2v) is 8.21. The minimum atomic E-state index is -0.722. The first-order chi connectivity index (χ1) is 11.9. The molecular weight excluding hydrogens is 318 g/mol. The molecule has 2 aliphatic rings. The fourth-order valence-electron chi connectivity index (χ4n) is 3.87. The fraction of sp³-hybridized carbons (Fsp3) is 0.722. The second kappa shape index (κ2) is 5.92. The van der Waals surface area contributed by atoms with E-state index >= 15 is 0 Å². The van der Waals surface area contributed by atoms with Crippen molar-refractivity contribution in [3.05, 3.63) is 12.7 Å². The molecule has 1 saturated carbocycles. The predicted octanol–water partition coefficient (Wildman–Crippen LogP) is 1.73. The lowest BCUT2D eigenvalue weighted by Crippen LogP contribution is -2.32. The van der Waals surface area contributed by atoms with Crippen molar-refractivity contribution in [3.63, 3.8) is 0 Å². The number of aliphatic hydroxyl groups is 2. The van der Waals surface area contributed by atoms with Crippen molar-refractivity contribution < 1.29 is 10.2 Å². The summed E-state index contributed by atoms with van der Waals surface area (Å²) in [5, 5.41) is 21.0. The third kappa shape index (κ3) is 3.35. The monoisotopic (exact) mass is 345 g/mol. The van der Waals surface area contributed by atoms with Crippen LogP contribution in [0.1, 0.15) is 46.0 Å². The molecule has 0 radical (unpaired) electrons. The quantitative estimate of drug-likeness (QED) is 0.877. The standard InChI is InChI=1S/C18H27N5O2/c1-17(24)6-3-8-22(9-7-17)15-14-16(20-11-19-15)23(12-21-14)10-18(2,25)13-4-5-13/h11-13,24-25H,3-10H2,1-2H3. The van der Waals surface area contributed by atoms with Gasteiger partial charge in [-0.25, -0.2) is 15.0 Å². The Hall–Kier alpha value is -1.73. The molecule has 2 unspecified atom stereocenters. The summed E-state index contributed by atoms with van der Waals surface area (Å²) in [6.07, 6.45) is 7.96. The van der Waals surface area contributed by atoms with Crippen molar-refractivity contribution in [1.29, 1.82) is 0 Å². The van der Waals surface area contributed by atoms with Gasteiger partial charge in [-0.05, 0) is 51.9 Å². The average molecular weight is 345 g/mol. The van der Waals surface area contributed by atoms with Crippen LogP contribution in [0.2, 0.25) is 0 Å². The van der Waals surface area contributed by atoms with Crippen LogP contribution < -0.4 is 4.90 Å². The Morgan fingerprint density at radius 3 is 2.80 bits per heavy atom. The highest BCUT2D eigenvalue weighted by Gasteiger charge is 2.40. The first-order valence-electron chi connectivity index (χ1n) is 9.21. The van der Waals surface area contributed by atoms with Crippen molar-refractivity contribution in [2.45, 2.75) is 63.7 Å². The molecule has 2 aromatic heterocycles. The summed E-state index contributed by atoms with van der Waals surface area (Å²) in [5.74, 6) is 1.20. The maximum absolute atomic E-state index is 10.7. The minimum absolute atomic E-state index is 0.374. The number of rotatable bonds is 4. The van der Waals surface area contributed by atoms with Crippen LogP contribution in [0.15, 0.2) is 12.7 Å². The zero-order valence-electron chi connectivity index (χ0n) is 15.0. The Balaban J connectivity index is 1.62. The Bertz CT molecular complexity index is 766. The van der Waals surface area contributed by atoms with Gasteiger partial charge in [-0.2, -0.15) is 0 Å². The lowest BCUT2D eigenvalue weighted by atomic mass is 9.98. The van der Waals surface area contributed by atoms with E-state index in [2.05, 4.69) is 19.9 Å². The lowest BCUT2D eigenvalue weighted by molar-refractivity contribution is 0.0203. The first kappa shape index (κ1) is 16.7. The van der Waals surface area contributed by atoms with Crippen molar-refractivity contribution in [2.75, 3.05) is 18.0 Å². The van der Waals surface area contributed by atoms with Gasteiger partial charge in [0.05, 0.1) is 24.1 Å². The van der Waals surface area contributed by atoms with Crippen LogP contribution in [0.4, 0.5) is 5.82 Å². The van der Waals surface area contributed by atoms with E-state index in [0.29, 0.717) is 12.5 Å². The molecule has 2 fully saturated rings. The molecule has 1 saturated heterocycles. The number of imidazole rings is 1. The number of hydrogen-bond acceptors (Lipinski definition) is 6. The second-order valence-electron chi connectivity index (χ2n) is 8.21. The van der Waals surface area contributed by atoms with E-state index in [1.807, 2.05) is 18.4 Å². The zero-order valence-corrected chi connectivity index (χ0v) is 15.0. The van der Waals surface area contributed by atoms with Gasteiger partial charge in [0.15, 0.2) is 17.0 Å². The fourth-order valence-corrected chi connectivity index (χ4v) is 3.87. The first-order valence-corrected chi connectivity index (χ1v) is 9.21. The molecule has 2 atom stereocenters. The van der Waals surface area contributed by atoms with E-state index < -0.39 is 11.2 Å².